The van der Waals surface area contributed by atoms with Gasteiger partial charge in [0.2, 0.25) is 13.6 Å². The fraction of sp³-hybridized carbons (Fsp3) is 0.739. The van der Waals surface area contributed by atoms with E-state index in [9.17, 15) is 24.1 Å². The first-order valence-electron chi connectivity index (χ1n) is 12.1. The summed E-state index contributed by atoms with van der Waals surface area (Å²) in [6, 6.07) is 1.26. The third-order valence-corrected chi connectivity index (χ3v) is 7.64. The number of carbonyl (C=O) groups is 2. The summed E-state index contributed by atoms with van der Waals surface area (Å²) in [5.74, 6) is -1.48. The van der Waals surface area contributed by atoms with Gasteiger partial charge in [0.25, 0.3) is 0 Å². The Morgan fingerprint density at radius 3 is 2.08 bits per heavy atom. The van der Waals surface area contributed by atoms with Crippen LogP contribution in [0, 0.1) is 10.8 Å². The SMILES string of the molecule is CC[C@]12O[C@@H](n3ccc(N)nc3=O)[C@H](F)[C@@]1(O)C2OP(=O)(OCOC(=O)C(C)(C)C)OCOC(=O)C(C)(C)C. The largest absolute Gasteiger partial charge is 0.481 e. The van der Waals surface area contributed by atoms with E-state index in [0.29, 0.717) is 0 Å². The predicted molar refractivity (Wildman–Crippen MR) is 131 cm³/mol. The number of fused-ring (bicyclic) bond motifs is 1. The maximum Gasteiger partial charge on any atom is 0.481 e. The molecule has 2 fully saturated rings. The van der Waals surface area contributed by atoms with E-state index in [1.54, 1.807) is 48.5 Å². The van der Waals surface area contributed by atoms with Gasteiger partial charge in [-0.3, -0.25) is 18.7 Å². The topological polar surface area (TPSA) is 188 Å². The van der Waals surface area contributed by atoms with Crippen LogP contribution in [0.3, 0.4) is 0 Å². The van der Waals surface area contributed by atoms with Crippen molar-refractivity contribution < 1.29 is 51.4 Å². The Labute approximate surface area is 224 Å². The van der Waals surface area contributed by atoms with Crippen LogP contribution in [0.15, 0.2) is 17.1 Å². The second kappa shape index (κ2) is 10.5. The van der Waals surface area contributed by atoms with Crippen molar-refractivity contribution in [2.45, 2.75) is 84.6 Å². The Hall–Kier alpha value is -2.42. The lowest BCUT2D eigenvalue weighted by Gasteiger charge is -2.26. The second-order valence-corrected chi connectivity index (χ2v) is 12.9. The molecule has 220 valence electrons. The van der Waals surface area contributed by atoms with Crippen molar-refractivity contribution in [1.29, 1.82) is 0 Å². The number of hydrogen-bond acceptors (Lipinski definition) is 13. The maximum atomic E-state index is 15.6. The Morgan fingerprint density at radius 2 is 1.67 bits per heavy atom. The number of halogens is 1. The first-order chi connectivity index (χ1) is 17.8. The minimum absolute atomic E-state index is 0.0414. The van der Waals surface area contributed by atoms with Gasteiger partial charge in [-0.1, -0.05) is 6.92 Å². The molecule has 16 heteroatoms. The van der Waals surface area contributed by atoms with E-state index in [1.807, 2.05) is 0 Å². The third kappa shape index (κ3) is 5.88. The molecule has 1 saturated carbocycles. The van der Waals surface area contributed by atoms with Gasteiger partial charge in [0.1, 0.15) is 17.5 Å². The van der Waals surface area contributed by atoms with Crippen LogP contribution in [-0.2, 0) is 41.9 Å². The Bertz CT molecular complexity index is 1170. The highest BCUT2D eigenvalue weighted by molar-refractivity contribution is 7.48. The van der Waals surface area contributed by atoms with Crippen molar-refractivity contribution in [3.63, 3.8) is 0 Å². The molecule has 1 aliphatic carbocycles. The number of ether oxygens (including phenoxy) is 3. The fourth-order valence-electron chi connectivity index (χ4n) is 3.99. The Morgan fingerprint density at radius 1 is 1.15 bits per heavy atom. The molecule has 39 heavy (non-hydrogen) atoms. The number of rotatable bonds is 10. The van der Waals surface area contributed by atoms with Crippen LogP contribution < -0.4 is 11.4 Å². The van der Waals surface area contributed by atoms with Gasteiger partial charge in [0.15, 0.2) is 18.0 Å². The van der Waals surface area contributed by atoms with Crippen molar-refractivity contribution in [2.24, 2.45) is 10.8 Å². The molecule has 1 saturated heterocycles. The van der Waals surface area contributed by atoms with Crippen LogP contribution in [0.5, 0.6) is 0 Å². The van der Waals surface area contributed by atoms with Crippen LogP contribution in [0.4, 0.5) is 10.2 Å². The summed E-state index contributed by atoms with van der Waals surface area (Å²) in [5.41, 5.74) is -1.38. The van der Waals surface area contributed by atoms with Gasteiger partial charge < -0.3 is 25.1 Å². The van der Waals surface area contributed by atoms with E-state index < -0.39 is 79.6 Å². The lowest BCUT2D eigenvalue weighted by Crippen LogP contribution is -2.38. The van der Waals surface area contributed by atoms with E-state index in [-0.39, 0.29) is 12.2 Å². The highest BCUT2D eigenvalue weighted by Crippen LogP contribution is 2.70. The molecular weight excluding hydrogens is 544 g/mol. The zero-order valence-electron chi connectivity index (χ0n) is 22.8. The fourth-order valence-corrected chi connectivity index (χ4v) is 5.14. The minimum atomic E-state index is -4.78. The van der Waals surface area contributed by atoms with Gasteiger partial charge in [0.05, 0.1) is 10.8 Å². The van der Waals surface area contributed by atoms with E-state index in [0.717, 1.165) is 4.57 Å². The highest BCUT2D eigenvalue weighted by Gasteiger charge is 2.89. The number of phosphoric acid groups is 1. The minimum Gasteiger partial charge on any atom is -0.437 e. The molecule has 3 rings (SSSR count). The summed E-state index contributed by atoms with van der Waals surface area (Å²) in [6.07, 6.45) is -4.30. The predicted octanol–water partition coefficient (Wildman–Crippen LogP) is 2.21. The first-order valence-corrected chi connectivity index (χ1v) is 13.6. The van der Waals surface area contributed by atoms with Crippen molar-refractivity contribution in [3.05, 3.63) is 22.7 Å². The standard InChI is InChI=1S/C23H35FN3O11P/c1-8-22-16(23(22,31)14(24)15(37-22)27-10-9-13(25)26-19(27)30)38-39(32,35-11-33-17(28)20(2,3)4)36-12-34-18(29)21(5,6)7/h9-10,14-16,31H,8,11-12H2,1-7H3,(H2,25,26,30)/t14-,15+,16?,22+,23+/m0/s1. The van der Waals surface area contributed by atoms with Gasteiger partial charge in [0, 0.05) is 6.20 Å². The molecule has 3 N–H and O–H groups in total. The zero-order chi connectivity index (χ0) is 29.6. The molecule has 14 nitrogen and oxygen atoms in total. The number of nitrogen functional groups attached to an aromatic ring is 1. The number of phosphoric ester groups is 1. The van der Waals surface area contributed by atoms with Gasteiger partial charge >= 0.3 is 25.5 Å². The molecule has 1 aliphatic heterocycles. The van der Waals surface area contributed by atoms with Crippen LogP contribution in [0.25, 0.3) is 0 Å². The molecule has 0 amide bonds. The number of aliphatic hydroxyl groups is 1. The van der Waals surface area contributed by atoms with Crippen molar-refractivity contribution in [3.8, 4) is 0 Å². The Balaban J connectivity index is 1.79. The quantitative estimate of drug-likeness (QED) is 0.233. The lowest BCUT2D eigenvalue weighted by atomic mass is 9.98. The average molecular weight is 580 g/mol. The molecule has 2 heterocycles. The Kier molecular flexibility index (Phi) is 8.40. The van der Waals surface area contributed by atoms with Crippen LogP contribution in [-0.4, -0.2) is 63.7 Å². The molecule has 2 aliphatic rings. The molecule has 0 aromatic carbocycles. The third-order valence-electron chi connectivity index (χ3n) is 6.33. The van der Waals surface area contributed by atoms with E-state index in [1.165, 1.54) is 12.3 Å². The molecule has 1 aromatic rings. The van der Waals surface area contributed by atoms with Crippen LogP contribution >= 0.6 is 7.82 Å². The number of esters is 2. The van der Waals surface area contributed by atoms with E-state index in [4.69, 9.17) is 33.5 Å². The number of nitrogens with two attached hydrogens (primary N) is 1. The summed E-state index contributed by atoms with van der Waals surface area (Å²) in [5, 5.41) is 11.2. The average Bonchev–Trinajstić information content (AvgIpc) is 3.21. The summed E-state index contributed by atoms with van der Waals surface area (Å²) < 4.78 is 61.2. The zero-order valence-corrected chi connectivity index (χ0v) is 23.7. The molecule has 0 spiro atoms. The molecule has 0 radical (unpaired) electrons. The van der Waals surface area contributed by atoms with Gasteiger partial charge in [-0.2, -0.15) is 4.98 Å². The molecule has 1 unspecified atom stereocenters. The molecular formula is C23H35FN3O11P. The van der Waals surface area contributed by atoms with Crippen molar-refractivity contribution in [2.75, 3.05) is 19.3 Å². The molecule has 5 atom stereocenters. The second-order valence-electron chi connectivity index (χ2n) is 11.3. The number of nitrogens with zero attached hydrogens (tertiary/aromatic N) is 2. The van der Waals surface area contributed by atoms with E-state index in [2.05, 4.69) is 4.98 Å². The van der Waals surface area contributed by atoms with Gasteiger partial charge in [-0.15, -0.1) is 0 Å². The number of anilines is 1. The number of hydrogen-bond donors (Lipinski definition) is 2. The number of alkyl halides is 1. The summed E-state index contributed by atoms with van der Waals surface area (Å²) in [4.78, 5) is 39.9. The lowest BCUT2D eigenvalue weighted by molar-refractivity contribution is -0.164. The number of aromatic nitrogens is 2. The summed E-state index contributed by atoms with van der Waals surface area (Å²) in [7, 11) is -4.78. The van der Waals surface area contributed by atoms with Gasteiger partial charge in [-0.05, 0) is 54.0 Å². The monoisotopic (exact) mass is 579 g/mol. The summed E-state index contributed by atoms with van der Waals surface area (Å²) >= 11 is 0. The summed E-state index contributed by atoms with van der Waals surface area (Å²) in [6.45, 7) is 9.26. The smallest absolute Gasteiger partial charge is 0.437 e. The van der Waals surface area contributed by atoms with Crippen LogP contribution in [0.2, 0.25) is 0 Å². The van der Waals surface area contributed by atoms with Crippen LogP contribution in [0.1, 0.15) is 61.1 Å². The maximum absolute atomic E-state index is 15.6. The molecule has 0 bridgehead atoms. The number of carbonyl (C=O) groups excluding carboxylic acids is 2. The van der Waals surface area contributed by atoms with Gasteiger partial charge in [-0.25, -0.2) is 22.8 Å². The van der Waals surface area contributed by atoms with Crippen molar-refractivity contribution in [1.82, 2.24) is 9.55 Å². The molecule has 1 aromatic heterocycles. The van der Waals surface area contributed by atoms with Crippen molar-refractivity contribution >= 4 is 25.6 Å². The normalized spacial score (nSPS) is 28.6. The van der Waals surface area contributed by atoms with E-state index >= 15 is 4.39 Å². The highest BCUT2D eigenvalue weighted by atomic mass is 31.2. The first kappa shape index (κ1) is 31.1.